The molecule has 10 nitrogen and oxygen atoms in total. The molecule has 5 heterocycles. The fraction of sp³-hybridized carbons (Fsp3) is 0.441. The van der Waals surface area contributed by atoms with Gasteiger partial charge in [-0.3, -0.25) is 19.4 Å². The van der Waals surface area contributed by atoms with Crippen molar-refractivity contribution in [3.05, 3.63) is 81.2 Å². The molecule has 0 spiro atoms. The molecule has 0 saturated carbocycles. The van der Waals surface area contributed by atoms with Crippen LogP contribution in [0.2, 0.25) is 0 Å². The number of aromatic nitrogens is 3. The van der Waals surface area contributed by atoms with Gasteiger partial charge in [-0.25, -0.2) is 4.98 Å². The third-order valence-electron chi connectivity index (χ3n) is 8.48. The van der Waals surface area contributed by atoms with Gasteiger partial charge in [-0.1, -0.05) is 0 Å². The van der Waals surface area contributed by atoms with Crippen LogP contribution in [0.4, 0.5) is 19.0 Å². The molecule has 1 aliphatic rings. The van der Waals surface area contributed by atoms with Crippen molar-refractivity contribution in [3.8, 4) is 16.9 Å². The average Bonchev–Trinajstić information content (AvgIpc) is 3.44. The molecule has 1 fully saturated rings. The SMILES string of the molecule is CNCc1c(OC)cc(C)[nH]c1=O.Cc1c(C=O)cc2c(-c3cccnc3N(C)C)ccn2c1C(C)N1CCN(CC(F)(F)F)CC1. The fourth-order valence-corrected chi connectivity index (χ4v) is 6.16. The number of anilines is 1. The van der Waals surface area contributed by atoms with Gasteiger partial charge in [-0.15, -0.1) is 0 Å². The zero-order valence-corrected chi connectivity index (χ0v) is 28.0. The van der Waals surface area contributed by atoms with Gasteiger partial charge in [-0.2, -0.15) is 13.2 Å². The van der Waals surface area contributed by atoms with E-state index in [0.29, 0.717) is 49.6 Å². The van der Waals surface area contributed by atoms with Gasteiger partial charge >= 0.3 is 6.18 Å². The predicted molar refractivity (Wildman–Crippen MR) is 179 cm³/mol. The number of hydrogen-bond donors (Lipinski definition) is 2. The molecule has 1 saturated heterocycles. The molecule has 1 unspecified atom stereocenters. The second-order valence-electron chi connectivity index (χ2n) is 11.9. The second-order valence-corrected chi connectivity index (χ2v) is 11.9. The number of methoxy groups -OCH3 is 1. The molecule has 5 rings (SSSR count). The number of carbonyl (C=O) groups excluding carboxylic acids is 1. The third-order valence-corrected chi connectivity index (χ3v) is 8.48. The predicted octanol–water partition coefficient (Wildman–Crippen LogP) is 4.84. The Morgan fingerprint density at radius 3 is 2.43 bits per heavy atom. The Kier molecular flexibility index (Phi) is 11.5. The van der Waals surface area contributed by atoms with Crippen molar-refractivity contribution in [1.29, 1.82) is 0 Å². The van der Waals surface area contributed by atoms with Gasteiger partial charge in [0.1, 0.15) is 17.9 Å². The van der Waals surface area contributed by atoms with E-state index in [1.54, 1.807) is 20.4 Å². The van der Waals surface area contributed by atoms with Crippen LogP contribution in [0.15, 0.2) is 47.5 Å². The number of rotatable bonds is 9. The topological polar surface area (TPSA) is 98.2 Å². The molecule has 13 heteroatoms. The molecule has 254 valence electrons. The van der Waals surface area contributed by atoms with Crippen LogP contribution in [0, 0.1) is 13.8 Å². The molecule has 47 heavy (non-hydrogen) atoms. The lowest BCUT2D eigenvalue weighted by atomic mass is 10.00. The minimum atomic E-state index is -4.19. The second kappa shape index (κ2) is 15.1. The molecule has 1 atom stereocenters. The highest BCUT2D eigenvalue weighted by Crippen LogP contribution is 2.36. The van der Waals surface area contributed by atoms with Gasteiger partial charge in [0.25, 0.3) is 5.56 Å². The van der Waals surface area contributed by atoms with Gasteiger partial charge in [0, 0.05) is 93.3 Å². The molecule has 4 aromatic rings. The number of aromatic amines is 1. The van der Waals surface area contributed by atoms with E-state index in [1.165, 1.54) is 4.90 Å². The Labute approximate surface area is 273 Å². The van der Waals surface area contributed by atoms with Crippen LogP contribution in [-0.4, -0.2) is 97.6 Å². The molecule has 1 aliphatic heterocycles. The van der Waals surface area contributed by atoms with E-state index in [2.05, 4.69) is 31.5 Å². The molecule has 0 aliphatic carbocycles. The Hall–Kier alpha value is -4.20. The van der Waals surface area contributed by atoms with Crippen LogP contribution in [-0.2, 0) is 6.54 Å². The highest BCUT2D eigenvalue weighted by molar-refractivity contribution is 5.91. The molecule has 0 bridgehead atoms. The van der Waals surface area contributed by atoms with Gasteiger partial charge in [-0.05, 0) is 63.7 Å². The molecular formula is C34H44F3N7O3. The van der Waals surface area contributed by atoms with Gasteiger partial charge < -0.3 is 24.3 Å². The summed E-state index contributed by atoms with van der Waals surface area (Å²) in [6, 6.07) is 9.59. The summed E-state index contributed by atoms with van der Waals surface area (Å²) in [5.41, 5.74) is 6.67. The first kappa shape index (κ1) is 35.7. The van der Waals surface area contributed by atoms with Crippen molar-refractivity contribution >= 4 is 17.6 Å². The summed E-state index contributed by atoms with van der Waals surface area (Å²) in [7, 11) is 7.24. The monoisotopic (exact) mass is 655 g/mol. The third kappa shape index (κ3) is 8.21. The number of piperazine rings is 1. The highest BCUT2D eigenvalue weighted by Gasteiger charge is 2.33. The summed E-state index contributed by atoms with van der Waals surface area (Å²) in [6.45, 7) is 7.24. The number of aldehydes is 1. The first-order valence-electron chi connectivity index (χ1n) is 15.5. The normalized spacial score (nSPS) is 14.9. The van der Waals surface area contributed by atoms with E-state index < -0.39 is 12.7 Å². The van der Waals surface area contributed by atoms with E-state index in [4.69, 9.17) is 4.74 Å². The van der Waals surface area contributed by atoms with Crippen LogP contribution in [0.3, 0.4) is 0 Å². The largest absolute Gasteiger partial charge is 0.496 e. The smallest absolute Gasteiger partial charge is 0.401 e. The number of H-pyrrole nitrogens is 1. The first-order valence-corrected chi connectivity index (χ1v) is 15.5. The zero-order valence-electron chi connectivity index (χ0n) is 28.0. The highest BCUT2D eigenvalue weighted by atomic mass is 19.4. The maximum atomic E-state index is 12.8. The Balaban J connectivity index is 0.000000323. The maximum absolute atomic E-state index is 12.8. The number of carbonyl (C=O) groups is 1. The van der Waals surface area contributed by atoms with Crippen LogP contribution >= 0.6 is 0 Å². The lowest BCUT2D eigenvalue weighted by Gasteiger charge is -2.39. The van der Waals surface area contributed by atoms with Crippen LogP contribution in [0.1, 0.15) is 45.8 Å². The van der Waals surface area contributed by atoms with Gasteiger partial charge in [0.05, 0.1) is 24.7 Å². The molecule has 0 aromatic carbocycles. The molecule has 2 N–H and O–H groups in total. The molecule has 4 aromatic heterocycles. The Morgan fingerprint density at radius 2 is 1.83 bits per heavy atom. The lowest BCUT2D eigenvalue weighted by molar-refractivity contribution is -0.149. The number of alkyl halides is 3. The summed E-state index contributed by atoms with van der Waals surface area (Å²) < 4.78 is 45.6. The van der Waals surface area contributed by atoms with Crippen molar-refractivity contribution in [1.82, 2.24) is 29.5 Å². The van der Waals surface area contributed by atoms with Crippen molar-refractivity contribution in [2.75, 3.05) is 65.9 Å². The van der Waals surface area contributed by atoms with Crippen molar-refractivity contribution < 1.29 is 22.7 Å². The summed E-state index contributed by atoms with van der Waals surface area (Å²) in [5.74, 6) is 1.47. The number of fused-ring (bicyclic) bond motifs is 1. The summed E-state index contributed by atoms with van der Waals surface area (Å²) in [5, 5.41) is 2.92. The van der Waals surface area contributed by atoms with E-state index in [9.17, 15) is 22.8 Å². The number of pyridine rings is 3. The molecule has 0 radical (unpaired) electrons. The summed E-state index contributed by atoms with van der Waals surface area (Å²) in [4.78, 5) is 36.3. The minimum absolute atomic E-state index is 0.0714. The number of aryl methyl sites for hydroxylation is 1. The number of ether oxygens (including phenoxy) is 1. The van der Waals surface area contributed by atoms with Crippen LogP contribution in [0.5, 0.6) is 5.75 Å². The maximum Gasteiger partial charge on any atom is 0.401 e. The number of hydrogen-bond acceptors (Lipinski definition) is 8. The van der Waals surface area contributed by atoms with Crippen LogP contribution < -0.4 is 20.5 Å². The molecule has 0 amide bonds. The molecular weight excluding hydrogens is 611 g/mol. The van der Waals surface area contributed by atoms with Crippen molar-refractivity contribution in [3.63, 3.8) is 0 Å². The van der Waals surface area contributed by atoms with Crippen molar-refractivity contribution in [2.45, 2.75) is 39.5 Å². The van der Waals surface area contributed by atoms with Crippen LogP contribution in [0.25, 0.3) is 16.6 Å². The van der Waals surface area contributed by atoms with E-state index in [1.807, 2.05) is 69.4 Å². The minimum Gasteiger partial charge on any atom is -0.496 e. The van der Waals surface area contributed by atoms with Gasteiger partial charge in [0.2, 0.25) is 0 Å². The van der Waals surface area contributed by atoms with E-state index in [0.717, 1.165) is 45.7 Å². The summed E-state index contributed by atoms with van der Waals surface area (Å²) in [6.07, 6.45) is 0.447. The number of halogens is 3. The number of nitrogens with zero attached hydrogens (tertiary/aromatic N) is 5. The van der Waals surface area contributed by atoms with Gasteiger partial charge in [0.15, 0.2) is 0 Å². The first-order chi connectivity index (χ1) is 22.3. The average molecular weight is 656 g/mol. The van der Waals surface area contributed by atoms with E-state index >= 15 is 0 Å². The van der Waals surface area contributed by atoms with E-state index in [-0.39, 0.29) is 11.6 Å². The Morgan fingerprint density at radius 1 is 1.13 bits per heavy atom. The lowest BCUT2D eigenvalue weighted by Crippen LogP contribution is -2.49. The number of nitrogens with one attached hydrogen (secondary N) is 2. The Bertz CT molecular complexity index is 1740. The van der Waals surface area contributed by atoms with Crippen molar-refractivity contribution in [2.24, 2.45) is 0 Å². The quantitative estimate of drug-likeness (QED) is 0.248. The standard InChI is InChI=1S/C25H30F3N5O.C9H14N2O2/c1-17-19(15-34)14-22-20(21-6-5-8-29-24(21)30(3)4)7-9-33(22)23(17)18(2)32-12-10-31(11-13-32)16-25(26,27)28;1-6-4-8(13-3)7(5-10-2)9(12)11-6/h5-9,14-15,18H,10-13,16H2,1-4H3;4,10H,5H2,1-3H3,(H,11,12). The summed E-state index contributed by atoms with van der Waals surface area (Å²) >= 11 is 0. The zero-order chi connectivity index (χ0) is 34.5. The fourth-order valence-electron chi connectivity index (χ4n) is 6.16.